The maximum absolute atomic E-state index is 10.6. The van der Waals surface area contributed by atoms with Gasteiger partial charge < -0.3 is 9.84 Å². The van der Waals surface area contributed by atoms with Gasteiger partial charge in [0.2, 0.25) is 0 Å². The number of rotatable bonds is 4. The van der Waals surface area contributed by atoms with Crippen molar-refractivity contribution in [3.05, 3.63) is 10.6 Å². The minimum absolute atomic E-state index is 0.0797. The van der Waals surface area contributed by atoms with Crippen molar-refractivity contribution in [1.29, 1.82) is 0 Å². The summed E-state index contributed by atoms with van der Waals surface area (Å²) in [6.45, 7) is 3.29. The molecule has 0 aromatic rings. The van der Waals surface area contributed by atoms with Crippen LogP contribution in [-0.4, -0.2) is 23.8 Å². The fourth-order valence-electron chi connectivity index (χ4n) is 2.28. The van der Waals surface area contributed by atoms with E-state index in [0.29, 0.717) is 5.92 Å². The van der Waals surface area contributed by atoms with E-state index in [2.05, 4.69) is 33.8 Å². The second-order valence-electron chi connectivity index (χ2n) is 5.28. The average molecular weight is 343 g/mol. The zero-order valence-electron chi connectivity index (χ0n) is 12.2. The summed E-state index contributed by atoms with van der Waals surface area (Å²) in [6.07, 6.45) is 7.78. The number of carbonyl (C=O) groups is 1. The van der Waals surface area contributed by atoms with Crippen molar-refractivity contribution in [3.63, 3.8) is 0 Å². The van der Waals surface area contributed by atoms with Crippen molar-refractivity contribution in [1.82, 2.24) is 0 Å². The Morgan fingerprint density at radius 2 is 2.10 bits per heavy atom. The van der Waals surface area contributed by atoms with Gasteiger partial charge in [0, 0.05) is 17.3 Å². The molecule has 0 unspecified atom stereocenters. The summed E-state index contributed by atoms with van der Waals surface area (Å²) < 4.78 is 5.55. The average Bonchev–Trinajstić information content (AvgIpc) is 2.43. The minimum atomic E-state index is -0.623. The molecule has 0 aromatic carbocycles. The number of hydrogen-bond acceptors (Lipinski definition) is 3. The molecule has 0 spiro atoms. The molecule has 1 aliphatic rings. The molecule has 3 nitrogen and oxygen atoms in total. The highest BCUT2D eigenvalue weighted by Gasteiger charge is 2.18. The number of allylic oxidation sites excluding steroid dienone is 1. The molecule has 1 rings (SSSR count). The summed E-state index contributed by atoms with van der Waals surface area (Å²) in [5.74, 6) is 5.69. The SMILES string of the molecule is CC(=O)OCC#C[C@@H](C)[C@H](O)/C(Br)=C/C1CCCCC1. The summed E-state index contributed by atoms with van der Waals surface area (Å²) in [4.78, 5) is 10.6. The van der Waals surface area contributed by atoms with Crippen LogP contribution in [0.2, 0.25) is 0 Å². The molecule has 2 atom stereocenters. The Morgan fingerprint density at radius 1 is 1.45 bits per heavy atom. The van der Waals surface area contributed by atoms with Crippen molar-refractivity contribution in [2.45, 2.75) is 52.1 Å². The van der Waals surface area contributed by atoms with E-state index in [-0.39, 0.29) is 18.5 Å². The highest BCUT2D eigenvalue weighted by molar-refractivity contribution is 9.11. The van der Waals surface area contributed by atoms with Crippen molar-refractivity contribution in [3.8, 4) is 11.8 Å². The van der Waals surface area contributed by atoms with Crippen LogP contribution in [0.1, 0.15) is 46.0 Å². The van der Waals surface area contributed by atoms with Crippen LogP contribution < -0.4 is 0 Å². The molecule has 0 radical (unpaired) electrons. The Bertz CT molecular complexity index is 400. The Labute approximate surface area is 129 Å². The van der Waals surface area contributed by atoms with Gasteiger partial charge in [0.05, 0.1) is 6.10 Å². The van der Waals surface area contributed by atoms with Gasteiger partial charge >= 0.3 is 5.97 Å². The molecular weight excluding hydrogens is 320 g/mol. The van der Waals surface area contributed by atoms with Crippen molar-refractivity contribution in [2.24, 2.45) is 11.8 Å². The summed E-state index contributed by atoms with van der Waals surface area (Å²) in [5, 5.41) is 10.2. The maximum Gasteiger partial charge on any atom is 0.303 e. The topological polar surface area (TPSA) is 46.5 Å². The van der Waals surface area contributed by atoms with Crippen LogP contribution in [0.25, 0.3) is 0 Å². The smallest absolute Gasteiger partial charge is 0.303 e. The first-order chi connectivity index (χ1) is 9.50. The van der Waals surface area contributed by atoms with Crippen molar-refractivity contribution < 1.29 is 14.6 Å². The van der Waals surface area contributed by atoms with Gasteiger partial charge in [-0.2, -0.15) is 0 Å². The van der Waals surface area contributed by atoms with Gasteiger partial charge in [-0.15, -0.1) is 0 Å². The first-order valence-electron chi connectivity index (χ1n) is 7.17. The third-order valence-electron chi connectivity index (χ3n) is 3.48. The number of halogens is 1. The molecule has 0 amide bonds. The Hall–Kier alpha value is -0.790. The van der Waals surface area contributed by atoms with Gasteiger partial charge in [-0.3, -0.25) is 4.79 Å². The number of carbonyl (C=O) groups excluding carboxylic acids is 1. The highest BCUT2D eigenvalue weighted by atomic mass is 79.9. The molecular formula is C16H23BrO3. The zero-order chi connectivity index (χ0) is 15.0. The highest BCUT2D eigenvalue weighted by Crippen LogP contribution is 2.28. The van der Waals surface area contributed by atoms with Crippen molar-refractivity contribution >= 4 is 21.9 Å². The van der Waals surface area contributed by atoms with E-state index < -0.39 is 6.10 Å². The molecule has 1 aliphatic carbocycles. The molecule has 20 heavy (non-hydrogen) atoms. The van der Waals surface area contributed by atoms with Crippen molar-refractivity contribution in [2.75, 3.05) is 6.61 Å². The van der Waals surface area contributed by atoms with Gasteiger partial charge in [-0.25, -0.2) is 0 Å². The number of aliphatic hydroxyl groups excluding tert-OH is 1. The number of ether oxygens (including phenoxy) is 1. The van der Waals surface area contributed by atoms with Crippen LogP contribution >= 0.6 is 15.9 Å². The predicted octanol–water partition coefficient (Wildman–Crippen LogP) is 3.41. The third-order valence-corrected chi connectivity index (χ3v) is 4.21. The monoisotopic (exact) mass is 342 g/mol. The van der Waals surface area contributed by atoms with Crippen LogP contribution in [0.4, 0.5) is 0 Å². The molecule has 1 saturated carbocycles. The Morgan fingerprint density at radius 3 is 2.70 bits per heavy atom. The van der Waals surface area contributed by atoms with E-state index >= 15 is 0 Å². The minimum Gasteiger partial charge on any atom is -0.453 e. The Balaban J connectivity index is 2.47. The first kappa shape index (κ1) is 17.3. The van der Waals surface area contributed by atoms with Crippen LogP contribution in [0.15, 0.2) is 10.6 Å². The number of hydrogen-bond donors (Lipinski definition) is 1. The lowest BCUT2D eigenvalue weighted by Gasteiger charge is -2.20. The zero-order valence-corrected chi connectivity index (χ0v) is 13.8. The van der Waals surface area contributed by atoms with Gasteiger partial charge in [-0.1, -0.05) is 53.1 Å². The molecule has 0 aromatic heterocycles. The third kappa shape index (κ3) is 6.58. The van der Waals surface area contributed by atoms with Crippen LogP contribution in [-0.2, 0) is 9.53 Å². The van der Waals surface area contributed by atoms with Crippen LogP contribution in [0.5, 0.6) is 0 Å². The maximum atomic E-state index is 10.6. The van der Waals surface area contributed by atoms with E-state index in [1.807, 2.05) is 6.92 Å². The van der Waals surface area contributed by atoms with E-state index in [4.69, 9.17) is 4.74 Å². The van der Waals surface area contributed by atoms with Gasteiger partial charge in [0.25, 0.3) is 0 Å². The van der Waals surface area contributed by atoms with Gasteiger partial charge in [0.1, 0.15) is 0 Å². The summed E-state index contributed by atoms with van der Waals surface area (Å²) in [5.41, 5.74) is 0. The van der Waals surface area contributed by atoms with E-state index in [1.165, 1.54) is 39.0 Å². The second kappa shape index (κ2) is 9.20. The molecule has 4 heteroatoms. The fourth-order valence-corrected chi connectivity index (χ4v) is 3.05. The van der Waals surface area contributed by atoms with Crippen LogP contribution in [0.3, 0.4) is 0 Å². The lowest BCUT2D eigenvalue weighted by atomic mass is 9.88. The van der Waals surface area contributed by atoms with Crippen LogP contribution in [0, 0.1) is 23.7 Å². The molecule has 1 N–H and O–H groups in total. The largest absolute Gasteiger partial charge is 0.453 e. The number of aliphatic hydroxyl groups is 1. The molecule has 0 bridgehead atoms. The van der Waals surface area contributed by atoms with Gasteiger partial charge in [-0.05, 0) is 25.7 Å². The summed E-state index contributed by atoms with van der Waals surface area (Å²) in [7, 11) is 0. The normalized spacial score (nSPS) is 19.7. The predicted molar refractivity (Wildman–Crippen MR) is 83.2 cm³/mol. The molecule has 0 saturated heterocycles. The second-order valence-corrected chi connectivity index (χ2v) is 6.20. The summed E-state index contributed by atoms with van der Waals surface area (Å²) >= 11 is 3.47. The lowest BCUT2D eigenvalue weighted by molar-refractivity contribution is -0.139. The van der Waals surface area contributed by atoms with E-state index in [9.17, 15) is 9.90 Å². The number of esters is 1. The molecule has 0 heterocycles. The lowest BCUT2D eigenvalue weighted by Crippen LogP contribution is -2.17. The first-order valence-corrected chi connectivity index (χ1v) is 7.97. The molecule has 112 valence electrons. The fraction of sp³-hybridized carbons (Fsp3) is 0.688. The van der Waals surface area contributed by atoms with E-state index in [0.717, 1.165) is 4.48 Å². The quantitative estimate of drug-likeness (QED) is 0.629. The molecule has 0 aliphatic heterocycles. The molecule has 1 fully saturated rings. The standard InChI is InChI=1S/C16H23BrO3/c1-12(7-6-10-20-13(2)18)16(19)15(17)11-14-8-4-3-5-9-14/h11-12,14,16,19H,3-5,8-10H2,1-2H3/b15-11-/t12-,16+/m1/s1. The summed E-state index contributed by atoms with van der Waals surface area (Å²) in [6, 6.07) is 0. The van der Waals surface area contributed by atoms with E-state index in [1.54, 1.807) is 0 Å². The Kier molecular flexibility index (Phi) is 7.94. The van der Waals surface area contributed by atoms with Gasteiger partial charge in [0.15, 0.2) is 6.61 Å².